The molecular weight excluding hydrogens is 278 g/mol. The van der Waals surface area contributed by atoms with E-state index in [0.29, 0.717) is 12.0 Å². The maximum atomic E-state index is 4.32. The molecule has 0 fully saturated rings. The molecule has 3 rings (SSSR count). The second-order valence-electron chi connectivity index (χ2n) is 6.08. The standard InChI is InChI=1S/C17H25N3S/c1-3-8-18-16(10-13-11-19-20(2)12-13)14-5-4-6-17-15(14)7-9-21-17/h7,9,11-12,14,16,18H,3-6,8,10H2,1-2H3. The molecule has 21 heavy (non-hydrogen) atoms. The molecule has 2 unspecified atom stereocenters. The third-order valence-corrected chi connectivity index (χ3v) is 5.45. The summed E-state index contributed by atoms with van der Waals surface area (Å²) in [7, 11) is 2.00. The minimum Gasteiger partial charge on any atom is -0.313 e. The van der Waals surface area contributed by atoms with Gasteiger partial charge >= 0.3 is 0 Å². The van der Waals surface area contributed by atoms with E-state index < -0.39 is 0 Å². The minimum atomic E-state index is 0.530. The number of nitrogens with one attached hydrogen (secondary N) is 1. The van der Waals surface area contributed by atoms with E-state index in [1.165, 1.54) is 31.2 Å². The van der Waals surface area contributed by atoms with Crippen molar-refractivity contribution in [2.24, 2.45) is 7.05 Å². The van der Waals surface area contributed by atoms with Crippen LogP contribution in [0.2, 0.25) is 0 Å². The van der Waals surface area contributed by atoms with Crippen LogP contribution >= 0.6 is 11.3 Å². The van der Waals surface area contributed by atoms with Crippen molar-refractivity contribution in [1.82, 2.24) is 15.1 Å². The molecule has 1 aliphatic rings. The van der Waals surface area contributed by atoms with Crippen molar-refractivity contribution < 1.29 is 0 Å². The van der Waals surface area contributed by atoms with Crippen LogP contribution in [0.5, 0.6) is 0 Å². The van der Waals surface area contributed by atoms with Gasteiger partial charge in [0.25, 0.3) is 0 Å². The highest BCUT2D eigenvalue weighted by Crippen LogP contribution is 2.37. The number of hydrogen-bond donors (Lipinski definition) is 1. The van der Waals surface area contributed by atoms with Crippen LogP contribution in [-0.4, -0.2) is 22.4 Å². The summed E-state index contributed by atoms with van der Waals surface area (Å²) in [4.78, 5) is 1.61. The van der Waals surface area contributed by atoms with Crippen LogP contribution in [0.1, 0.15) is 48.1 Å². The average Bonchev–Trinajstić information content (AvgIpc) is 3.11. The van der Waals surface area contributed by atoms with Crippen molar-refractivity contribution in [3.05, 3.63) is 39.8 Å². The molecule has 1 aliphatic carbocycles. The molecule has 4 heteroatoms. The van der Waals surface area contributed by atoms with Crippen LogP contribution < -0.4 is 5.32 Å². The first kappa shape index (κ1) is 14.8. The van der Waals surface area contributed by atoms with Crippen molar-refractivity contribution >= 4 is 11.3 Å². The fraction of sp³-hybridized carbons (Fsp3) is 0.588. The molecule has 0 bridgehead atoms. The molecule has 114 valence electrons. The molecule has 3 nitrogen and oxygen atoms in total. The van der Waals surface area contributed by atoms with Crippen molar-refractivity contribution in [2.75, 3.05) is 6.54 Å². The Kier molecular flexibility index (Phi) is 4.76. The van der Waals surface area contributed by atoms with Gasteiger partial charge in [0.15, 0.2) is 0 Å². The Morgan fingerprint density at radius 2 is 2.43 bits per heavy atom. The third kappa shape index (κ3) is 3.38. The highest BCUT2D eigenvalue weighted by atomic mass is 32.1. The summed E-state index contributed by atoms with van der Waals surface area (Å²) in [6, 6.07) is 2.89. The zero-order valence-corrected chi connectivity index (χ0v) is 13.8. The summed E-state index contributed by atoms with van der Waals surface area (Å²) in [5.41, 5.74) is 2.94. The van der Waals surface area contributed by atoms with Gasteiger partial charge in [0.1, 0.15) is 0 Å². The Bertz CT molecular complexity index is 572. The quantitative estimate of drug-likeness (QED) is 0.885. The van der Waals surface area contributed by atoms with E-state index in [0.717, 1.165) is 13.0 Å². The summed E-state index contributed by atoms with van der Waals surface area (Å²) in [5.74, 6) is 0.659. The lowest BCUT2D eigenvalue weighted by Gasteiger charge is -2.31. The van der Waals surface area contributed by atoms with Gasteiger partial charge in [-0.1, -0.05) is 6.92 Å². The summed E-state index contributed by atoms with van der Waals surface area (Å²) >= 11 is 1.94. The highest BCUT2D eigenvalue weighted by molar-refractivity contribution is 7.10. The average molecular weight is 303 g/mol. The first-order valence-corrected chi connectivity index (χ1v) is 8.93. The predicted octanol–water partition coefficient (Wildman–Crippen LogP) is 3.51. The normalized spacial score (nSPS) is 19.4. The monoisotopic (exact) mass is 303 g/mol. The Hall–Kier alpha value is -1.13. The Balaban J connectivity index is 1.79. The van der Waals surface area contributed by atoms with Gasteiger partial charge in [0, 0.05) is 30.1 Å². The van der Waals surface area contributed by atoms with Gasteiger partial charge in [0.2, 0.25) is 0 Å². The van der Waals surface area contributed by atoms with Crippen molar-refractivity contribution in [3.63, 3.8) is 0 Å². The Morgan fingerprint density at radius 1 is 1.52 bits per heavy atom. The summed E-state index contributed by atoms with van der Waals surface area (Å²) in [5, 5.41) is 10.4. The maximum Gasteiger partial charge on any atom is 0.0522 e. The number of thiophene rings is 1. The van der Waals surface area contributed by atoms with Gasteiger partial charge in [-0.15, -0.1) is 11.3 Å². The molecule has 0 saturated heterocycles. The van der Waals surface area contributed by atoms with Crippen molar-refractivity contribution in [3.8, 4) is 0 Å². The number of rotatable bonds is 6. The van der Waals surface area contributed by atoms with Gasteiger partial charge in [-0.05, 0) is 61.2 Å². The predicted molar refractivity (Wildman–Crippen MR) is 89.0 cm³/mol. The zero-order chi connectivity index (χ0) is 14.7. The number of aromatic nitrogens is 2. The van der Waals surface area contributed by atoms with E-state index in [9.17, 15) is 0 Å². The molecule has 0 saturated carbocycles. The molecule has 0 amide bonds. The van der Waals surface area contributed by atoms with Gasteiger partial charge in [-0.3, -0.25) is 4.68 Å². The van der Waals surface area contributed by atoms with Crippen LogP contribution in [0.4, 0.5) is 0 Å². The SMILES string of the molecule is CCCNC(Cc1cnn(C)c1)C1CCCc2sccc21. The first-order valence-electron chi connectivity index (χ1n) is 8.05. The van der Waals surface area contributed by atoms with Crippen molar-refractivity contribution in [2.45, 2.75) is 51.0 Å². The number of nitrogens with zero attached hydrogens (tertiary/aromatic N) is 2. The molecule has 2 heterocycles. The van der Waals surface area contributed by atoms with Gasteiger partial charge < -0.3 is 5.32 Å². The van der Waals surface area contributed by atoms with Crippen LogP contribution in [0.15, 0.2) is 23.8 Å². The first-order chi connectivity index (χ1) is 10.3. The van der Waals surface area contributed by atoms with Gasteiger partial charge in [-0.2, -0.15) is 5.10 Å². The molecule has 1 N–H and O–H groups in total. The van der Waals surface area contributed by atoms with Gasteiger partial charge in [-0.25, -0.2) is 0 Å². The fourth-order valence-corrected chi connectivity index (χ4v) is 4.45. The molecular formula is C17H25N3S. The molecule has 2 aromatic rings. The highest BCUT2D eigenvalue weighted by Gasteiger charge is 2.28. The van der Waals surface area contributed by atoms with E-state index in [1.807, 2.05) is 29.3 Å². The Morgan fingerprint density at radius 3 is 3.19 bits per heavy atom. The molecule has 0 aliphatic heterocycles. The van der Waals surface area contributed by atoms with Crippen LogP contribution in [0.25, 0.3) is 0 Å². The Labute approximate surface area is 131 Å². The lowest BCUT2D eigenvalue weighted by molar-refractivity contribution is 0.391. The van der Waals surface area contributed by atoms with E-state index in [-0.39, 0.29) is 0 Å². The van der Waals surface area contributed by atoms with Crippen LogP contribution in [0.3, 0.4) is 0 Å². The van der Waals surface area contributed by atoms with Crippen LogP contribution in [-0.2, 0) is 19.9 Å². The zero-order valence-electron chi connectivity index (χ0n) is 13.0. The van der Waals surface area contributed by atoms with E-state index in [2.05, 4.69) is 35.0 Å². The molecule has 0 radical (unpaired) electrons. The van der Waals surface area contributed by atoms with Crippen LogP contribution in [0, 0.1) is 0 Å². The summed E-state index contributed by atoms with van der Waals surface area (Å²) in [6.45, 7) is 3.34. The largest absolute Gasteiger partial charge is 0.313 e. The minimum absolute atomic E-state index is 0.530. The number of hydrogen-bond acceptors (Lipinski definition) is 3. The van der Waals surface area contributed by atoms with E-state index in [4.69, 9.17) is 0 Å². The second-order valence-corrected chi connectivity index (χ2v) is 7.09. The summed E-state index contributed by atoms with van der Waals surface area (Å²) < 4.78 is 1.91. The van der Waals surface area contributed by atoms with E-state index in [1.54, 1.807) is 10.4 Å². The molecule has 0 spiro atoms. The second kappa shape index (κ2) is 6.75. The summed E-state index contributed by atoms with van der Waals surface area (Å²) in [6.07, 6.45) is 10.3. The van der Waals surface area contributed by atoms with E-state index >= 15 is 0 Å². The van der Waals surface area contributed by atoms with Gasteiger partial charge in [0.05, 0.1) is 6.20 Å². The molecule has 2 atom stereocenters. The van der Waals surface area contributed by atoms with Crippen molar-refractivity contribution in [1.29, 1.82) is 0 Å². The fourth-order valence-electron chi connectivity index (χ4n) is 3.46. The lowest BCUT2D eigenvalue weighted by Crippen LogP contribution is -2.38. The topological polar surface area (TPSA) is 29.9 Å². The molecule has 2 aromatic heterocycles. The smallest absolute Gasteiger partial charge is 0.0522 e. The number of aryl methyl sites for hydroxylation is 2. The maximum absolute atomic E-state index is 4.32. The molecule has 0 aromatic carbocycles. The lowest BCUT2D eigenvalue weighted by atomic mass is 9.80. The number of fused-ring (bicyclic) bond motifs is 1. The third-order valence-electron chi connectivity index (χ3n) is 4.45.